The third kappa shape index (κ3) is 2.19. The van der Waals surface area contributed by atoms with E-state index in [9.17, 15) is 0 Å². The van der Waals surface area contributed by atoms with Crippen LogP contribution < -0.4 is 11.1 Å². The second kappa shape index (κ2) is 4.04. The lowest BCUT2D eigenvalue weighted by molar-refractivity contribution is 0.554. The van der Waals surface area contributed by atoms with E-state index in [0.717, 1.165) is 17.3 Å². The highest BCUT2D eigenvalue weighted by atomic mass is 15.1. The van der Waals surface area contributed by atoms with Gasteiger partial charge in [-0.15, -0.1) is 0 Å². The lowest BCUT2D eigenvalue weighted by Crippen LogP contribution is -2.23. The maximum Gasteiger partial charge on any atom is 0.221 e. The number of rotatable bonds is 2. The Labute approximate surface area is 90.3 Å². The van der Waals surface area contributed by atoms with Crippen LogP contribution in [0.2, 0.25) is 0 Å². The Bertz CT molecular complexity index is 350. The highest BCUT2D eigenvalue weighted by Gasteiger charge is 2.23. The van der Waals surface area contributed by atoms with Crippen molar-refractivity contribution in [3.8, 4) is 0 Å². The molecule has 0 radical (unpaired) electrons. The van der Waals surface area contributed by atoms with Crippen molar-refractivity contribution in [3.63, 3.8) is 0 Å². The zero-order valence-corrected chi connectivity index (χ0v) is 9.33. The maximum atomic E-state index is 5.57. The van der Waals surface area contributed by atoms with Gasteiger partial charge in [-0.3, -0.25) is 0 Å². The molecule has 15 heavy (non-hydrogen) atoms. The van der Waals surface area contributed by atoms with Gasteiger partial charge in [-0.1, -0.05) is 13.3 Å². The van der Waals surface area contributed by atoms with Crippen LogP contribution in [0, 0.1) is 12.8 Å². The first-order valence-corrected chi connectivity index (χ1v) is 5.52. The number of aromatic nitrogens is 2. The molecule has 0 bridgehead atoms. The molecule has 1 aliphatic rings. The van der Waals surface area contributed by atoms with Crippen LogP contribution in [0.3, 0.4) is 0 Å². The van der Waals surface area contributed by atoms with Gasteiger partial charge in [0.25, 0.3) is 0 Å². The van der Waals surface area contributed by atoms with Gasteiger partial charge in [0.15, 0.2) is 0 Å². The number of nitrogen functional groups attached to an aromatic ring is 1. The molecule has 2 atom stereocenters. The van der Waals surface area contributed by atoms with Gasteiger partial charge in [-0.2, -0.15) is 4.98 Å². The fourth-order valence-electron chi connectivity index (χ4n) is 2.14. The summed E-state index contributed by atoms with van der Waals surface area (Å²) in [4.78, 5) is 8.19. The van der Waals surface area contributed by atoms with E-state index in [-0.39, 0.29) is 0 Å². The van der Waals surface area contributed by atoms with E-state index in [1.165, 1.54) is 19.3 Å². The summed E-state index contributed by atoms with van der Waals surface area (Å²) in [7, 11) is 0. The van der Waals surface area contributed by atoms with Gasteiger partial charge in [-0.05, 0) is 25.7 Å². The SMILES string of the molecule is Cc1cnc(N)nc1NC1CCCC1C. The Kier molecular flexibility index (Phi) is 2.75. The van der Waals surface area contributed by atoms with Crippen molar-refractivity contribution in [1.29, 1.82) is 0 Å². The smallest absolute Gasteiger partial charge is 0.221 e. The Morgan fingerprint density at radius 2 is 2.27 bits per heavy atom. The zero-order chi connectivity index (χ0) is 10.8. The monoisotopic (exact) mass is 206 g/mol. The van der Waals surface area contributed by atoms with E-state index in [1.807, 2.05) is 6.92 Å². The lowest BCUT2D eigenvalue weighted by atomic mass is 10.1. The van der Waals surface area contributed by atoms with E-state index in [0.29, 0.717) is 12.0 Å². The molecule has 0 saturated heterocycles. The summed E-state index contributed by atoms with van der Waals surface area (Å²) in [6.45, 7) is 4.28. The Morgan fingerprint density at radius 1 is 1.47 bits per heavy atom. The van der Waals surface area contributed by atoms with Crippen molar-refractivity contribution in [3.05, 3.63) is 11.8 Å². The molecule has 2 unspecified atom stereocenters. The molecule has 4 nitrogen and oxygen atoms in total. The largest absolute Gasteiger partial charge is 0.368 e. The number of hydrogen-bond acceptors (Lipinski definition) is 4. The molecule has 0 spiro atoms. The van der Waals surface area contributed by atoms with Crippen molar-refractivity contribution < 1.29 is 0 Å². The molecular weight excluding hydrogens is 188 g/mol. The van der Waals surface area contributed by atoms with E-state index < -0.39 is 0 Å². The summed E-state index contributed by atoms with van der Waals surface area (Å²) in [5.74, 6) is 1.95. The second-order valence-electron chi connectivity index (χ2n) is 4.42. The normalized spacial score (nSPS) is 25.5. The van der Waals surface area contributed by atoms with E-state index in [1.54, 1.807) is 6.20 Å². The molecule has 82 valence electrons. The first kappa shape index (κ1) is 10.2. The van der Waals surface area contributed by atoms with Gasteiger partial charge in [0, 0.05) is 17.8 Å². The van der Waals surface area contributed by atoms with Crippen LogP contribution >= 0.6 is 0 Å². The molecule has 1 aromatic rings. The minimum absolute atomic E-state index is 0.341. The van der Waals surface area contributed by atoms with Gasteiger partial charge < -0.3 is 11.1 Å². The third-order valence-electron chi connectivity index (χ3n) is 3.17. The van der Waals surface area contributed by atoms with Crippen LogP contribution in [0.15, 0.2) is 6.20 Å². The van der Waals surface area contributed by atoms with Gasteiger partial charge >= 0.3 is 0 Å². The van der Waals surface area contributed by atoms with E-state index >= 15 is 0 Å². The highest BCUT2D eigenvalue weighted by Crippen LogP contribution is 2.28. The number of aryl methyl sites for hydroxylation is 1. The topological polar surface area (TPSA) is 63.8 Å². The van der Waals surface area contributed by atoms with Crippen molar-refractivity contribution in [1.82, 2.24) is 9.97 Å². The van der Waals surface area contributed by atoms with Crippen molar-refractivity contribution in [2.24, 2.45) is 5.92 Å². The molecule has 1 heterocycles. The molecule has 1 saturated carbocycles. The summed E-state index contributed by atoms with van der Waals surface area (Å²) in [6, 6.07) is 0.540. The predicted molar refractivity (Wildman–Crippen MR) is 61.6 cm³/mol. The average Bonchev–Trinajstić information content (AvgIpc) is 2.58. The predicted octanol–water partition coefficient (Wildman–Crippen LogP) is 1.97. The van der Waals surface area contributed by atoms with Gasteiger partial charge in [0.1, 0.15) is 5.82 Å². The molecule has 1 aromatic heterocycles. The summed E-state index contributed by atoms with van der Waals surface area (Å²) < 4.78 is 0. The summed E-state index contributed by atoms with van der Waals surface area (Å²) in [6.07, 6.45) is 5.60. The second-order valence-corrected chi connectivity index (χ2v) is 4.42. The summed E-state index contributed by atoms with van der Waals surface area (Å²) >= 11 is 0. The van der Waals surface area contributed by atoms with Crippen LogP contribution in [0.4, 0.5) is 11.8 Å². The minimum atomic E-state index is 0.341. The maximum absolute atomic E-state index is 5.57. The van der Waals surface area contributed by atoms with Crippen molar-refractivity contribution in [2.75, 3.05) is 11.1 Å². The minimum Gasteiger partial charge on any atom is -0.368 e. The van der Waals surface area contributed by atoms with Crippen molar-refractivity contribution >= 4 is 11.8 Å². The first-order valence-electron chi connectivity index (χ1n) is 5.52. The summed E-state index contributed by atoms with van der Waals surface area (Å²) in [5, 5.41) is 3.47. The van der Waals surface area contributed by atoms with Crippen molar-refractivity contribution in [2.45, 2.75) is 39.2 Å². The molecule has 0 aliphatic heterocycles. The van der Waals surface area contributed by atoms with Gasteiger partial charge in [0.05, 0.1) is 0 Å². The zero-order valence-electron chi connectivity index (χ0n) is 9.33. The van der Waals surface area contributed by atoms with Crippen LogP contribution in [-0.4, -0.2) is 16.0 Å². The molecule has 3 N–H and O–H groups in total. The van der Waals surface area contributed by atoms with Crippen LogP contribution in [-0.2, 0) is 0 Å². The number of nitrogens with zero attached hydrogens (tertiary/aromatic N) is 2. The molecular formula is C11H18N4. The van der Waals surface area contributed by atoms with Crippen LogP contribution in [0.5, 0.6) is 0 Å². The highest BCUT2D eigenvalue weighted by molar-refractivity contribution is 5.46. The lowest BCUT2D eigenvalue weighted by Gasteiger charge is -2.19. The molecule has 0 amide bonds. The van der Waals surface area contributed by atoms with Crippen LogP contribution in [0.1, 0.15) is 31.7 Å². The quantitative estimate of drug-likeness (QED) is 0.776. The number of nitrogens with one attached hydrogen (secondary N) is 1. The Morgan fingerprint density at radius 3 is 2.93 bits per heavy atom. The Balaban J connectivity index is 2.12. The molecule has 1 aliphatic carbocycles. The molecule has 4 heteroatoms. The molecule has 0 aromatic carbocycles. The standard InChI is InChI=1S/C11H18N4/c1-7-4-3-5-9(7)14-10-8(2)6-13-11(12)15-10/h6-7,9H,3-5H2,1-2H3,(H3,12,13,14,15). The third-order valence-corrected chi connectivity index (χ3v) is 3.17. The van der Waals surface area contributed by atoms with E-state index in [4.69, 9.17) is 5.73 Å². The average molecular weight is 206 g/mol. The number of nitrogens with two attached hydrogens (primary N) is 1. The first-order chi connectivity index (χ1) is 7.16. The van der Waals surface area contributed by atoms with E-state index in [2.05, 4.69) is 22.2 Å². The number of hydrogen-bond donors (Lipinski definition) is 2. The van der Waals surface area contributed by atoms with Gasteiger partial charge in [0.2, 0.25) is 5.95 Å². The molecule has 2 rings (SSSR count). The fraction of sp³-hybridized carbons (Fsp3) is 0.636. The van der Waals surface area contributed by atoms with Crippen LogP contribution in [0.25, 0.3) is 0 Å². The molecule has 1 fully saturated rings. The Hall–Kier alpha value is -1.32. The fourth-order valence-corrected chi connectivity index (χ4v) is 2.14. The summed E-state index contributed by atoms with van der Waals surface area (Å²) in [5.41, 5.74) is 6.63. The number of anilines is 2. The van der Waals surface area contributed by atoms with Gasteiger partial charge in [-0.25, -0.2) is 4.98 Å².